The molecule has 0 radical (unpaired) electrons. The number of amides is 1. The number of rotatable bonds is 5. The SMILES string of the molecule is Cc1ccc(-c2nc(CC(=O)NCc3ccco3)sc2C)cc1C. The molecule has 3 rings (SSSR count). The summed E-state index contributed by atoms with van der Waals surface area (Å²) in [7, 11) is 0. The van der Waals surface area contributed by atoms with Gasteiger partial charge in [0.05, 0.1) is 24.9 Å². The molecule has 0 aliphatic carbocycles. The van der Waals surface area contributed by atoms with Gasteiger partial charge in [-0.3, -0.25) is 4.79 Å². The predicted molar refractivity (Wildman–Crippen MR) is 96.0 cm³/mol. The molecular weight excluding hydrogens is 320 g/mol. The molecule has 0 fully saturated rings. The van der Waals surface area contributed by atoms with Crippen LogP contribution in [0.5, 0.6) is 0 Å². The van der Waals surface area contributed by atoms with Crippen LogP contribution in [0, 0.1) is 20.8 Å². The van der Waals surface area contributed by atoms with Gasteiger partial charge >= 0.3 is 0 Å². The third-order valence-corrected chi connectivity index (χ3v) is 4.94. The van der Waals surface area contributed by atoms with Gasteiger partial charge in [-0.1, -0.05) is 12.1 Å². The summed E-state index contributed by atoms with van der Waals surface area (Å²) in [4.78, 5) is 17.9. The van der Waals surface area contributed by atoms with Crippen molar-refractivity contribution in [3.63, 3.8) is 0 Å². The average molecular weight is 340 g/mol. The fourth-order valence-electron chi connectivity index (χ4n) is 2.48. The number of carbonyl (C=O) groups is 1. The van der Waals surface area contributed by atoms with E-state index in [1.54, 1.807) is 17.6 Å². The van der Waals surface area contributed by atoms with Crippen molar-refractivity contribution in [3.05, 3.63) is 63.4 Å². The molecule has 0 aliphatic rings. The van der Waals surface area contributed by atoms with Crippen LogP contribution in [0.25, 0.3) is 11.3 Å². The number of hydrogen-bond acceptors (Lipinski definition) is 4. The van der Waals surface area contributed by atoms with Gasteiger partial charge in [0.15, 0.2) is 0 Å². The zero-order chi connectivity index (χ0) is 17.1. The molecule has 2 aromatic heterocycles. The minimum atomic E-state index is -0.0493. The van der Waals surface area contributed by atoms with E-state index in [9.17, 15) is 4.79 Å². The monoisotopic (exact) mass is 340 g/mol. The molecule has 5 heteroatoms. The van der Waals surface area contributed by atoms with Crippen LogP contribution in [0.3, 0.4) is 0 Å². The Labute approximate surface area is 145 Å². The van der Waals surface area contributed by atoms with E-state index in [1.807, 2.05) is 19.1 Å². The van der Waals surface area contributed by atoms with Crippen molar-refractivity contribution in [1.82, 2.24) is 10.3 Å². The van der Waals surface area contributed by atoms with Gasteiger partial charge < -0.3 is 9.73 Å². The van der Waals surface area contributed by atoms with E-state index in [4.69, 9.17) is 4.42 Å². The molecule has 24 heavy (non-hydrogen) atoms. The Kier molecular flexibility index (Phi) is 4.81. The molecule has 1 N–H and O–H groups in total. The maximum absolute atomic E-state index is 12.1. The lowest BCUT2D eigenvalue weighted by molar-refractivity contribution is -0.120. The van der Waals surface area contributed by atoms with Crippen LogP contribution < -0.4 is 5.32 Å². The van der Waals surface area contributed by atoms with Crippen LogP contribution in [0.15, 0.2) is 41.0 Å². The molecule has 3 aromatic rings. The first-order valence-corrected chi connectivity index (χ1v) is 8.67. The van der Waals surface area contributed by atoms with Gasteiger partial charge in [-0.25, -0.2) is 4.98 Å². The summed E-state index contributed by atoms with van der Waals surface area (Å²) in [6.07, 6.45) is 1.89. The van der Waals surface area contributed by atoms with Gasteiger partial charge in [0.1, 0.15) is 10.8 Å². The number of nitrogens with one attached hydrogen (secondary N) is 1. The highest BCUT2D eigenvalue weighted by Gasteiger charge is 2.13. The van der Waals surface area contributed by atoms with Crippen LogP contribution in [0.1, 0.15) is 26.8 Å². The number of thiazole rings is 1. The minimum absolute atomic E-state index is 0.0493. The maximum atomic E-state index is 12.1. The van der Waals surface area contributed by atoms with Crippen LogP contribution in [-0.2, 0) is 17.8 Å². The molecule has 1 aromatic carbocycles. The number of benzene rings is 1. The predicted octanol–water partition coefficient (Wildman–Crippen LogP) is 4.19. The van der Waals surface area contributed by atoms with Crippen LogP contribution in [-0.4, -0.2) is 10.9 Å². The molecule has 0 bridgehead atoms. The van der Waals surface area contributed by atoms with Gasteiger partial charge in [0, 0.05) is 10.4 Å². The Hall–Kier alpha value is -2.40. The largest absolute Gasteiger partial charge is 0.467 e. The van der Waals surface area contributed by atoms with Crippen molar-refractivity contribution in [2.75, 3.05) is 0 Å². The van der Waals surface area contributed by atoms with Crippen molar-refractivity contribution in [2.24, 2.45) is 0 Å². The summed E-state index contributed by atoms with van der Waals surface area (Å²) in [5.41, 5.74) is 4.59. The average Bonchev–Trinajstić information content (AvgIpc) is 3.18. The minimum Gasteiger partial charge on any atom is -0.467 e. The van der Waals surface area contributed by atoms with E-state index in [1.165, 1.54) is 11.1 Å². The number of carbonyl (C=O) groups excluding carboxylic acids is 1. The van der Waals surface area contributed by atoms with Crippen molar-refractivity contribution >= 4 is 17.2 Å². The molecule has 1 amide bonds. The van der Waals surface area contributed by atoms with E-state index < -0.39 is 0 Å². The Bertz CT molecular complexity index is 850. The summed E-state index contributed by atoms with van der Waals surface area (Å²) in [5, 5.41) is 3.68. The van der Waals surface area contributed by atoms with Gasteiger partial charge in [-0.2, -0.15) is 0 Å². The lowest BCUT2D eigenvalue weighted by atomic mass is 10.0. The summed E-state index contributed by atoms with van der Waals surface area (Å²) in [6.45, 7) is 6.65. The second-order valence-electron chi connectivity index (χ2n) is 5.84. The zero-order valence-corrected chi connectivity index (χ0v) is 14.9. The van der Waals surface area contributed by atoms with E-state index >= 15 is 0 Å². The Morgan fingerprint density at radius 1 is 1.21 bits per heavy atom. The molecule has 124 valence electrons. The molecule has 4 nitrogen and oxygen atoms in total. The fraction of sp³-hybridized carbons (Fsp3) is 0.263. The third kappa shape index (κ3) is 3.74. The summed E-state index contributed by atoms with van der Waals surface area (Å²) >= 11 is 1.58. The van der Waals surface area contributed by atoms with Crippen LogP contribution in [0.4, 0.5) is 0 Å². The normalized spacial score (nSPS) is 10.8. The highest BCUT2D eigenvalue weighted by atomic mass is 32.1. The fourth-order valence-corrected chi connectivity index (χ4v) is 3.44. The molecule has 0 atom stereocenters. The number of furan rings is 1. The van der Waals surface area contributed by atoms with Crippen molar-refractivity contribution < 1.29 is 9.21 Å². The van der Waals surface area contributed by atoms with E-state index in [2.05, 4.69) is 42.3 Å². The Morgan fingerprint density at radius 2 is 2.04 bits per heavy atom. The van der Waals surface area contributed by atoms with Crippen molar-refractivity contribution in [3.8, 4) is 11.3 Å². The lowest BCUT2D eigenvalue weighted by Gasteiger charge is -2.03. The topological polar surface area (TPSA) is 55.1 Å². The number of hydrogen-bond donors (Lipinski definition) is 1. The molecule has 0 spiro atoms. The Balaban J connectivity index is 1.69. The number of nitrogens with zero attached hydrogens (tertiary/aromatic N) is 1. The van der Waals surface area contributed by atoms with Crippen molar-refractivity contribution in [2.45, 2.75) is 33.7 Å². The molecule has 0 aliphatic heterocycles. The molecule has 0 saturated carbocycles. The Morgan fingerprint density at radius 3 is 2.75 bits per heavy atom. The zero-order valence-electron chi connectivity index (χ0n) is 14.1. The highest BCUT2D eigenvalue weighted by Crippen LogP contribution is 2.29. The van der Waals surface area contributed by atoms with Gasteiger partial charge in [-0.05, 0) is 50.1 Å². The first-order chi connectivity index (χ1) is 11.5. The second-order valence-corrected chi connectivity index (χ2v) is 7.13. The van der Waals surface area contributed by atoms with E-state index in [-0.39, 0.29) is 12.3 Å². The maximum Gasteiger partial charge on any atom is 0.227 e. The highest BCUT2D eigenvalue weighted by molar-refractivity contribution is 7.12. The summed E-state index contributed by atoms with van der Waals surface area (Å²) in [6, 6.07) is 10.00. The smallest absolute Gasteiger partial charge is 0.227 e. The second kappa shape index (κ2) is 7.01. The molecule has 0 saturated heterocycles. The first kappa shape index (κ1) is 16.5. The lowest BCUT2D eigenvalue weighted by Crippen LogP contribution is -2.24. The van der Waals surface area contributed by atoms with Gasteiger partial charge in [0.2, 0.25) is 5.91 Å². The number of aryl methyl sites for hydroxylation is 3. The van der Waals surface area contributed by atoms with Crippen molar-refractivity contribution in [1.29, 1.82) is 0 Å². The van der Waals surface area contributed by atoms with Crippen LogP contribution in [0.2, 0.25) is 0 Å². The molecule has 2 heterocycles. The van der Waals surface area contributed by atoms with Crippen LogP contribution >= 0.6 is 11.3 Å². The quantitative estimate of drug-likeness (QED) is 0.758. The summed E-state index contributed by atoms with van der Waals surface area (Å²) in [5.74, 6) is 0.696. The van der Waals surface area contributed by atoms with Gasteiger partial charge in [-0.15, -0.1) is 11.3 Å². The van der Waals surface area contributed by atoms with Gasteiger partial charge in [0.25, 0.3) is 0 Å². The van der Waals surface area contributed by atoms with E-state index in [0.717, 1.165) is 26.9 Å². The summed E-state index contributed by atoms with van der Waals surface area (Å²) < 4.78 is 5.21. The molecular formula is C19H20N2O2S. The van der Waals surface area contributed by atoms with E-state index in [0.29, 0.717) is 6.54 Å². The molecule has 0 unspecified atom stereocenters. The standard InChI is InChI=1S/C19H20N2O2S/c1-12-6-7-15(9-13(12)2)19-14(3)24-18(21-19)10-17(22)20-11-16-5-4-8-23-16/h4-9H,10-11H2,1-3H3,(H,20,22). The first-order valence-electron chi connectivity index (χ1n) is 7.86. The number of aromatic nitrogens is 1. The third-order valence-electron chi connectivity index (χ3n) is 3.97.